The van der Waals surface area contributed by atoms with Gasteiger partial charge in [-0.25, -0.2) is 4.98 Å². The highest BCUT2D eigenvalue weighted by molar-refractivity contribution is 6.31. The van der Waals surface area contributed by atoms with Crippen LogP contribution in [0.15, 0.2) is 12.1 Å². The van der Waals surface area contributed by atoms with E-state index in [9.17, 15) is 0 Å². The maximum absolute atomic E-state index is 8.98. The average Bonchev–Trinajstić information content (AvgIpc) is 2.38. The summed E-state index contributed by atoms with van der Waals surface area (Å²) < 4.78 is 5.81. The summed E-state index contributed by atoms with van der Waals surface area (Å²) in [6, 6.07) is 5.60. The summed E-state index contributed by atoms with van der Waals surface area (Å²) in [4.78, 5) is 6.46. The lowest BCUT2D eigenvalue weighted by atomic mass is 9.88. The van der Waals surface area contributed by atoms with Crippen LogP contribution in [0, 0.1) is 16.7 Å². The second-order valence-electron chi connectivity index (χ2n) is 5.78. The number of anilines is 1. The standard InChI is InChI=1S/C14H18ClN3O/c1-14(2,3)12-9-18(6-7-19-12)13-5-4-10(15)11(8-16)17-13/h4-5,12H,6-7,9H2,1-3H3. The Kier molecular flexibility index (Phi) is 3.98. The summed E-state index contributed by atoms with van der Waals surface area (Å²) in [6.45, 7) is 8.73. The number of hydrogen-bond donors (Lipinski definition) is 0. The van der Waals surface area contributed by atoms with Crippen LogP contribution >= 0.6 is 11.6 Å². The highest BCUT2D eigenvalue weighted by Crippen LogP contribution is 2.28. The van der Waals surface area contributed by atoms with Crippen molar-refractivity contribution in [1.82, 2.24) is 4.98 Å². The first kappa shape index (κ1) is 14.1. The van der Waals surface area contributed by atoms with Crippen LogP contribution in [0.2, 0.25) is 5.02 Å². The zero-order valence-electron chi connectivity index (χ0n) is 11.5. The van der Waals surface area contributed by atoms with Crippen molar-refractivity contribution in [3.8, 4) is 6.07 Å². The molecule has 1 aliphatic heterocycles. The average molecular weight is 280 g/mol. The molecule has 0 amide bonds. The quantitative estimate of drug-likeness (QED) is 0.793. The van der Waals surface area contributed by atoms with Gasteiger partial charge < -0.3 is 9.64 Å². The fourth-order valence-corrected chi connectivity index (χ4v) is 2.22. The number of morpholine rings is 1. The fraction of sp³-hybridized carbons (Fsp3) is 0.571. The molecule has 0 aliphatic carbocycles. The van der Waals surface area contributed by atoms with Gasteiger partial charge in [-0.15, -0.1) is 0 Å². The first-order valence-electron chi connectivity index (χ1n) is 6.35. The van der Waals surface area contributed by atoms with E-state index in [1.54, 1.807) is 6.07 Å². The van der Waals surface area contributed by atoms with Crippen molar-refractivity contribution in [3.63, 3.8) is 0 Å². The van der Waals surface area contributed by atoms with Crippen molar-refractivity contribution in [2.24, 2.45) is 5.41 Å². The zero-order chi connectivity index (χ0) is 14.0. The van der Waals surface area contributed by atoms with Gasteiger partial charge in [-0.05, 0) is 17.5 Å². The number of nitriles is 1. The van der Waals surface area contributed by atoms with Crippen molar-refractivity contribution >= 4 is 17.4 Å². The van der Waals surface area contributed by atoms with Gasteiger partial charge in [-0.2, -0.15) is 5.26 Å². The molecule has 0 bridgehead atoms. The van der Waals surface area contributed by atoms with Crippen LogP contribution in [0.1, 0.15) is 26.5 Å². The number of nitrogens with zero attached hydrogens (tertiary/aromatic N) is 3. The van der Waals surface area contributed by atoms with Gasteiger partial charge in [-0.1, -0.05) is 32.4 Å². The topological polar surface area (TPSA) is 49.2 Å². The molecule has 2 rings (SSSR count). The predicted molar refractivity (Wildman–Crippen MR) is 75.4 cm³/mol. The normalized spacial score (nSPS) is 20.2. The fourth-order valence-electron chi connectivity index (χ4n) is 2.07. The van der Waals surface area contributed by atoms with Gasteiger partial charge in [0.05, 0.1) is 17.7 Å². The molecule has 0 radical (unpaired) electrons. The van der Waals surface area contributed by atoms with Gasteiger partial charge in [0, 0.05) is 13.1 Å². The summed E-state index contributed by atoms with van der Waals surface area (Å²) in [5, 5.41) is 9.38. The minimum Gasteiger partial charge on any atom is -0.374 e. The molecule has 1 aromatic rings. The van der Waals surface area contributed by atoms with E-state index in [4.69, 9.17) is 21.6 Å². The SMILES string of the molecule is CC(C)(C)C1CN(c2ccc(Cl)c(C#N)n2)CCO1. The molecule has 1 aliphatic rings. The van der Waals surface area contributed by atoms with Crippen LogP contribution in [0.25, 0.3) is 0 Å². The molecule has 1 atom stereocenters. The Hall–Kier alpha value is -1.31. The van der Waals surface area contributed by atoms with Gasteiger partial charge in [0.25, 0.3) is 0 Å². The molecule has 1 unspecified atom stereocenters. The molecule has 0 spiro atoms. The third kappa shape index (κ3) is 3.17. The van der Waals surface area contributed by atoms with Crippen molar-refractivity contribution in [1.29, 1.82) is 5.26 Å². The summed E-state index contributed by atoms with van der Waals surface area (Å²) in [6.07, 6.45) is 0.157. The van der Waals surface area contributed by atoms with Crippen LogP contribution in [0.5, 0.6) is 0 Å². The van der Waals surface area contributed by atoms with Gasteiger partial charge in [0.1, 0.15) is 11.9 Å². The highest BCUT2D eigenvalue weighted by Gasteiger charge is 2.31. The molecule has 0 saturated carbocycles. The molecular weight excluding hydrogens is 262 g/mol. The predicted octanol–water partition coefficient (Wildman–Crippen LogP) is 2.86. The van der Waals surface area contributed by atoms with E-state index in [2.05, 4.69) is 30.7 Å². The number of aromatic nitrogens is 1. The van der Waals surface area contributed by atoms with Crippen molar-refractivity contribution in [2.75, 3.05) is 24.6 Å². The molecule has 0 aromatic carbocycles. The van der Waals surface area contributed by atoms with Crippen LogP contribution in [-0.4, -0.2) is 30.8 Å². The Morgan fingerprint density at radius 2 is 2.21 bits per heavy atom. The molecule has 102 valence electrons. The molecule has 1 fully saturated rings. The van der Waals surface area contributed by atoms with E-state index in [-0.39, 0.29) is 17.2 Å². The van der Waals surface area contributed by atoms with E-state index in [1.807, 2.05) is 12.1 Å². The first-order valence-corrected chi connectivity index (χ1v) is 6.73. The molecule has 5 heteroatoms. The van der Waals surface area contributed by atoms with Crippen LogP contribution in [0.4, 0.5) is 5.82 Å². The Morgan fingerprint density at radius 3 is 2.84 bits per heavy atom. The van der Waals surface area contributed by atoms with E-state index >= 15 is 0 Å². The van der Waals surface area contributed by atoms with E-state index in [1.165, 1.54) is 0 Å². The molecule has 0 N–H and O–H groups in total. The number of pyridine rings is 1. The third-order valence-electron chi connectivity index (χ3n) is 3.29. The number of ether oxygens (including phenoxy) is 1. The Labute approximate surface area is 118 Å². The molecule has 1 aromatic heterocycles. The minimum absolute atomic E-state index is 0.0865. The van der Waals surface area contributed by atoms with E-state index in [0.717, 1.165) is 18.9 Å². The Morgan fingerprint density at radius 1 is 1.47 bits per heavy atom. The van der Waals surface area contributed by atoms with Crippen LogP contribution < -0.4 is 4.90 Å². The minimum atomic E-state index is 0.0865. The highest BCUT2D eigenvalue weighted by atomic mass is 35.5. The van der Waals surface area contributed by atoms with Crippen LogP contribution in [0.3, 0.4) is 0 Å². The molecule has 2 heterocycles. The number of rotatable bonds is 1. The summed E-state index contributed by atoms with van der Waals surface area (Å²) in [5.74, 6) is 0.790. The molecule has 4 nitrogen and oxygen atoms in total. The lowest BCUT2D eigenvalue weighted by molar-refractivity contribution is -0.0267. The lowest BCUT2D eigenvalue weighted by Crippen LogP contribution is -2.48. The Bertz CT molecular complexity index is 504. The van der Waals surface area contributed by atoms with Gasteiger partial charge >= 0.3 is 0 Å². The van der Waals surface area contributed by atoms with E-state index < -0.39 is 0 Å². The van der Waals surface area contributed by atoms with E-state index in [0.29, 0.717) is 11.6 Å². The summed E-state index contributed by atoms with van der Waals surface area (Å²) in [5.41, 5.74) is 0.362. The van der Waals surface area contributed by atoms with Crippen molar-refractivity contribution in [3.05, 3.63) is 22.8 Å². The van der Waals surface area contributed by atoms with Crippen molar-refractivity contribution in [2.45, 2.75) is 26.9 Å². The number of halogens is 1. The third-order valence-corrected chi connectivity index (χ3v) is 3.60. The van der Waals surface area contributed by atoms with Gasteiger partial charge in [0.15, 0.2) is 5.69 Å². The first-order chi connectivity index (χ1) is 8.91. The maximum atomic E-state index is 8.98. The molecule has 1 saturated heterocycles. The second-order valence-corrected chi connectivity index (χ2v) is 6.19. The van der Waals surface area contributed by atoms with Crippen LogP contribution in [-0.2, 0) is 4.74 Å². The smallest absolute Gasteiger partial charge is 0.161 e. The lowest BCUT2D eigenvalue weighted by Gasteiger charge is -2.40. The monoisotopic (exact) mass is 279 g/mol. The molecular formula is C14H18ClN3O. The second kappa shape index (κ2) is 5.36. The van der Waals surface area contributed by atoms with Gasteiger partial charge in [-0.3, -0.25) is 0 Å². The Balaban J connectivity index is 2.20. The summed E-state index contributed by atoms with van der Waals surface area (Å²) >= 11 is 5.91. The molecule has 19 heavy (non-hydrogen) atoms. The summed E-state index contributed by atoms with van der Waals surface area (Å²) in [7, 11) is 0. The maximum Gasteiger partial charge on any atom is 0.161 e. The van der Waals surface area contributed by atoms with Gasteiger partial charge in [0.2, 0.25) is 0 Å². The zero-order valence-corrected chi connectivity index (χ0v) is 12.2. The van der Waals surface area contributed by atoms with Crippen molar-refractivity contribution < 1.29 is 4.74 Å². The number of hydrogen-bond acceptors (Lipinski definition) is 4. The largest absolute Gasteiger partial charge is 0.374 e.